The summed E-state index contributed by atoms with van der Waals surface area (Å²) in [6, 6.07) is 1.92. The van der Waals surface area contributed by atoms with E-state index in [1.165, 1.54) is 58.8 Å². The van der Waals surface area contributed by atoms with Crippen molar-refractivity contribution in [2.75, 3.05) is 24.6 Å². The number of thiophene rings is 1. The van der Waals surface area contributed by atoms with Crippen LogP contribution in [-0.4, -0.2) is 36.4 Å². The highest BCUT2D eigenvalue weighted by atomic mass is 32.1. The summed E-state index contributed by atoms with van der Waals surface area (Å²) in [5.74, 6) is -0.577. The van der Waals surface area contributed by atoms with Gasteiger partial charge in [0, 0.05) is 18.0 Å². The van der Waals surface area contributed by atoms with Crippen molar-refractivity contribution >= 4 is 39.6 Å². The second-order valence-corrected chi connectivity index (χ2v) is 8.61. The normalized spacial score (nSPS) is 16.7. The highest BCUT2D eigenvalue weighted by molar-refractivity contribution is 7.17. The summed E-state index contributed by atoms with van der Waals surface area (Å²) in [5, 5.41) is 0.893. The van der Waals surface area contributed by atoms with Crippen LogP contribution in [-0.2, 0) is 17.6 Å². The predicted octanol–water partition coefficient (Wildman–Crippen LogP) is 3.72. The summed E-state index contributed by atoms with van der Waals surface area (Å²) in [5.41, 5.74) is 1.26. The molecule has 1 aliphatic carbocycles. The molecule has 0 amide bonds. The lowest BCUT2D eigenvalue weighted by atomic mass is 10.1. The van der Waals surface area contributed by atoms with Crippen LogP contribution in [0.1, 0.15) is 55.5 Å². The van der Waals surface area contributed by atoms with E-state index in [2.05, 4.69) is 9.88 Å². The fourth-order valence-electron chi connectivity index (χ4n) is 3.33. The van der Waals surface area contributed by atoms with Crippen LogP contribution in [0.4, 0.5) is 5.13 Å². The number of aromatic nitrogens is 1. The molecule has 132 valence electrons. The minimum absolute atomic E-state index is 0.182. The Morgan fingerprint density at radius 2 is 1.92 bits per heavy atom. The number of nitrogens with zero attached hydrogens (tertiary/aromatic N) is 2. The third-order valence-corrected chi connectivity index (χ3v) is 6.99. The molecule has 0 saturated carbocycles. The van der Waals surface area contributed by atoms with Crippen LogP contribution < -0.4 is 4.90 Å². The predicted molar refractivity (Wildman–Crippen MR) is 99.1 cm³/mol. The zero-order valence-corrected chi connectivity index (χ0v) is 15.6. The summed E-state index contributed by atoms with van der Waals surface area (Å²) in [6.45, 7) is 1.78. The third-order valence-electron chi connectivity index (χ3n) is 4.68. The monoisotopic (exact) mass is 376 g/mol. The van der Waals surface area contributed by atoms with Crippen molar-refractivity contribution in [1.82, 2.24) is 4.98 Å². The molecule has 0 atom stereocenters. The van der Waals surface area contributed by atoms with Crippen molar-refractivity contribution < 1.29 is 14.3 Å². The molecule has 5 nitrogen and oxygen atoms in total. The SMILES string of the molecule is O=C(COC(=O)c1cc2c(s1)CCC2)c1cnc(N2CCCCC2)s1. The Labute approximate surface area is 154 Å². The van der Waals surface area contributed by atoms with Gasteiger partial charge in [0.25, 0.3) is 0 Å². The molecular weight excluding hydrogens is 356 g/mol. The maximum Gasteiger partial charge on any atom is 0.348 e. The number of carbonyl (C=O) groups excluding carboxylic acids is 2. The summed E-state index contributed by atoms with van der Waals surface area (Å²) < 4.78 is 5.22. The Kier molecular flexibility index (Phi) is 4.85. The van der Waals surface area contributed by atoms with Gasteiger partial charge in [0.2, 0.25) is 5.78 Å². The molecular formula is C18H20N2O3S2. The largest absolute Gasteiger partial charge is 0.453 e. The number of hydrogen-bond acceptors (Lipinski definition) is 7. The average Bonchev–Trinajstić information content (AvgIpc) is 3.35. The molecule has 4 rings (SSSR count). The summed E-state index contributed by atoms with van der Waals surface area (Å²) >= 11 is 2.89. The number of ether oxygens (including phenoxy) is 1. The van der Waals surface area contributed by atoms with Gasteiger partial charge in [-0.2, -0.15) is 0 Å². The molecule has 25 heavy (non-hydrogen) atoms. The topological polar surface area (TPSA) is 59.5 Å². The smallest absolute Gasteiger partial charge is 0.348 e. The van der Waals surface area contributed by atoms with E-state index in [-0.39, 0.29) is 12.4 Å². The van der Waals surface area contributed by atoms with Gasteiger partial charge in [-0.25, -0.2) is 9.78 Å². The number of Topliss-reactive ketones (excluding diaryl/α,β-unsaturated/α-hetero) is 1. The van der Waals surface area contributed by atoms with Crippen LogP contribution in [0.3, 0.4) is 0 Å². The van der Waals surface area contributed by atoms with Gasteiger partial charge in [0.15, 0.2) is 11.7 Å². The molecule has 0 bridgehead atoms. The lowest BCUT2D eigenvalue weighted by Gasteiger charge is -2.25. The average molecular weight is 377 g/mol. The molecule has 0 radical (unpaired) electrons. The van der Waals surface area contributed by atoms with Crippen molar-refractivity contribution in [2.45, 2.75) is 38.5 Å². The van der Waals surface area contributed by atoms with Gasteiger partial charge in [-0.3, -0.25) is 4.79 Å². The summed E-state index contributed by atoms with van der Waals surface area (Å²) in [4.78, 5) is 33.5. The maximum atomic E-state index is 12.3. The van der Waals surface area contributed by atoms with Crippen LogP contribution in [0.15, 0.2) is 12.3 Å². The van der Waals surface area contributed by atoms with Gasteiger partial charge in [-0.15, -0.1) is 11.3 Å². The fourth-order valence-corrected chi connectivity index (χ4v) is 5.37. The number of ketones is 1. The molecule has 2 aromatic heterocycles. The zero-order chi connectivity index (χ0) is 17.2. The molecule has 0 spiro atoms. The molecule has 1 fully saturated rings. The lowest BCUT2D eigenvalue weighted by molar-refractivity contribution is 0.0480. The van der Waals surface area contributed by atoms with Crippen LogP contribution in [0, 0.1) is 0 Å². The number of anilines is 1. The van der Waals surface area contributed by atoms with Gasteiger partial charge >= 0.3 is 5.97 Å². The molecule has 1 aliphatic heterocycles. The van der Waals surface area contributed by atoms with Crippen molar-refractivity contribution in [2.24, 2.45) is 0 Å². The van der Waals surface area contributed by atoms with Crippen LogP contribution in [0.25, 0.3) is 0 Å². The second-order valence-electron chi connectivity index (χ2n) is 6.47. The Morgan fingerprint density at radius 3 is 2.72 bits per heavy atom. The summed E-state index contributed by atoms with van der Waals surface area (Å²) in [6.07, 6.45) is 8.46. The van der Waals surface area contributed by atoms with Crippen molar-refractivity contribution in [3.8, 4) is 0 Å². The van der Waals surface area contributed by atoms with E-state index in [9.17, 15) is 9.59 Å². The van der Waals surface area contributed by atoms with Crippen molar-refractivity contribution in [3.05, 3.63) is 32.5 Å². The van der Waals surface area contributed by atoms with E-state index >= 15 is 0 Å². The van der Waals surface area contributed by atoms with E-state index in [0.29, 0.717) is 9.75 Å². The molecule has 7 heteroatoms. The third kappa shape index (κ3) is 3.62. The fraction of sp³-hybridized carbons (Fsp3) is 0.500. The molecule has 3 heterocycles. The van der Waals surface area contributed by atoms with Gasteiger partial charge in [0.05, 0.1) is 11.1 Å². The van der Waals surface area contributed by atoms with E-state index in [4.69, 9.17) is 4.74 Å². The van der Waals surface area contributed by atoms with Gasteiger partial charge < -0.3 is 9.64 Å². The number of piperidine rings is 1. The first kappa shape index (κ1) is 16.7. The highest BCUT2D eigenvalue weighted by Crippen LogP contribution is 2.31. The van der Waals surface area contributed by atoms with Crippen molar-refractivity contribution in [1.29, 1.82) is 0 Å². The molecule has 0 aromatic carbocycles. The van der Waals surface area contributed by atoms with E-state index in [0.717, 1.165) is 31.1 Å². The molecule has 2 aromatic rings. The minimum atomic E-state index is -0.395. The lowest BCUT2D eigenvalue weighted by Crippen LogP contribution is -2.29. The number of fused-ring (bicyclic) bond motifs is 1. The number of esters is 1. The Balaban J connectivity index is 1.33. The first-order chi connectivity index (χ1) is 12.2. The Morgan fingerprint density at radius 1 is 1.08 bits per heavy atom. The first-order valence-electron chi connectivity index (χ1n) is 8.73. The van der Waals surface area contributed by atoms with Gasteiger partial charge in [-0.05, 0) is 50.2 Å². The Bertz CT molecular complexity index is 769. The first-order valence-corrected chi connectivity index (χ1v) is 10.4. The standard InChI is InChI=1S/C18H20N2O3S2/c21-13(16-10-19-18(25-16)20-7-2-1-3-8-20)11-23-17(22)15-9-12-5-4-6-14(12)24-15/h9-10H,1-8,11H2. The molecule has 1 saturated heterocycles. The van der Waals surface area contributed by atoms with Crippen LogP contribution in [0.5, 0.6) is 0 Å². The van der Waals surface area contributed by atoms with E-state index in [1.807, 2.05) is 6.07 Å². The number of thiazole rings is 1. The van der Waals surface area contributed by atoms with Crippen LogP contribution in [0.2, 0.25) is 0 Å². The Hall–Kier alpha value is -1.73. The molecule has 0 N–H and O–H groups in total. The number of carbonyl (C=O) groups is 2. The van der Waals surface area contributed by atoms with Crippen LogP contribution >= 0.6 is 22.7 Å². The second kappa shape index (κ2) is 7.25. The maximum absolute atomic E-state index is 12.3. The zero-order valence-electron chi connectivity index (χ0n) is 14.0. The number of hydrogen-bond donors (Lipinski definition) is 0. The molecule has 2 aliphatic rings. The number of aryl methyl sites for hydroxylation is 2. The van der Waals surface area contributed by atoms with Crippen molar-refractivity contribution in [3.63, 3.8) is 0 Å². The summed E-state index contributed by atoms with van der Waals surface area (Å²) in [7, 11) is 0. The highest BCUT2D eigenvalue weighted by Gasteiger charge is 2.21. The van der Waals surface area contributed by atoms with E-state index in [1.54, 1.807) is 6.20 Å². The molecule has 0 unspecified atom stereocenters. The minimum Gasteiger partial charge on any atom is -0.453 e. The van der Waals surface area contributed by atoms with Gasteiger partial charge in [-0.1, -0.05) is 11.3 Å². The van der Waals surface area contributed by atoms with E-state index < -0.39 is 5.97 Å². The van der Waals surface area contributed by atoms with Gasteiger partial charge in [0.1, 0.15) is 4.88 Å². The number of rotatable bonds is 5. The quantitative estimate of drug-likeness (QED) is 0.588.